The number of rotatable bonds is 3. The molecule has 0 bridgehead atoms. The van der Waals surface area contributed by atoms with Crippen molar-refractivity contribution in [3.05, 3.63) is 58.9 Å². The van der Waals surface area contributed by atoms with Crippen molar-refractivity contribution in [3.8, 4) is 0 Å². The fourth-order valence-electron chi connectivity index (χ4n) is 1.48. The predicted molar refractivity (Wildman–Crippen MR) is 74.1 cm³/mol. The van der Waals surface area contributed by atoms with Crippen molar-refractivity contribution in [1.82, 2.24) is 10.3 Å². The Bertz CT molecular complexity index is 574. The summed E-state index contributed by atoms with van der Waals surface area (Å²) in [6.07, 6.45) is 1.56. The molecule has 0 aliphatic heterocycles. The molecule has 0 radical (unpaired) electrons. The number of hydrogen-bond donors (Lipinski definition) is 2. The summed E-state index contributed by atoms with van der Waals surface area (Å²) in [5.74, 6) is -0.249. The molecule has 0 atom stereocenters. The van der Waals surface area contributed by atoms with Gasteiger partial charge in [-0.05, 0) is 29.8 Å². The van der Waals surface area contributed by atoms with Crippen LogP contribution in [0.15, 0.2) is 47.5 Å². The van der Waals surface area contributed by atoms with Crippen LogP contribution in [0.25, 0.3) is 0 Å². The lowest BCUT2D eigenvalue weighted by molar-refractivity contribution is 0.0943. The molecule has 5 heteroatoms. The van der Waals surface area contributed by atoms with Gasteiger partial charge in [0.05, 0.1) is 0 Å². The summed E-state index contributed by atoms with van der Waals surface area (Å²) >= 11 is 10.1. The lowest BCUT2D eigenvalue weighted by Crippen LogP contribution is -2.24. The monoisotopic (exact) mass is 278 g/mol. The van der Waals surface area contributed by atoms with Gasteiger partial charge in [-0.3, -0.25) is 4.79 Å². The number of nitrogens with one attached hydrogen (secondary N) is 1. The van der Waals surface area contributed by atoms with Gasteiger partial charge in [0.2, 0.25) is 0 Å². The molecule has 0 aliphatic carbocycles. The third-order valence-corrected chi connectivity index (χ3v) is 2.94. The van der Waals surface area contributed by atoms with Crippen molar-refractivity contribution in [2.24, 2.45) is 0 Å². The van der Waals surface area contributed by atoms with Gasteiger partial charge in [0.15, 0.2) is 0 Å². The van der Waals surface area contributed by atoms with Crippen molar-refractivity contribution < 1.29 is 4.79 Å². The van der Waals surface area contributed by atoms with E-state index in [0.717, 1.165) is 5.56 Å². The van der Waals surface area contributed by atoms with Crippen LogP contribution < -0.4 is 5.32 Å². The molecule has 0 spiro atoms. The number of aromatic nitrogens is 1. The van der Waals surface area contributed by atoms with E-state index in [1.165, 1.54) is 0 Å². The molecular formula is C13H11ClN2OS. The Balaban J connectivity index is 2.03. The summed E-state index contributed by atoms with van der Waals surface area (Å²) in [5.41, 5.74) is 1.26. The van der Waals surface area contributed by atoms with E-state index in [2.05, 4.69) is 22.9 Å². The SMILES string of the molecule is O=C(NCc1cccc(Cl)c1)c1ncccc1S. The number of nitrogens with zero attached hydrogens (tertiary/aromatic N) is 1. The number of carbonyl (C=O) groups excluding carboxylic acids is 1. The van der Waals surface area contributed by atoms with Gasteiger partial charge in [-0.1, -0.05) is 23.7 Å². The molecule has 0 saturated carbocycles. The van der Waals surface area contributed by atoms with Crippen molar-refractivity contribution in [1.29, 1.82) is 0 Å². The smallest absolute Gasteiger partial charge is 0.271 e. The van der Waals surface area contributed by atoms with E-state index in [0.29, 0.717) is 22.2 Å². The highest BCUT2D eigenvalue weighted by Gasteiger charge is 2.09. The molecule has 1 amide bonds. The predicted octanol–water partition coefficient (Wildman–Crippen LogP) is 2.95. The zero-order valence-electron chi connectivity index (χ0n) is 9.43. The first kappa shape index (κ1) is 12.9. The molecule has 18 heavy (non-hydrogen) atoms. The third-order valence-electron chi connectivity index (χ3n) is 2.34. The molecule has 1 aromatic carbocycles. The summed E-state index contributed by atoms with van der Waals surface area (Å²) in [7, 11) is 0. The zero-order chi connectivity index (χ0) is 13.0. The van der Waals surface area contributed by atoms with Crippen LogP contribution in [0.2, 0.25) is 5.02 Å². The van der Waals surface area contributed by atoms with Crippen LogP contribution in [0.3, 0.4) is 0 Å². The second-order valence-corrected chi connectivity index (χ2v) is 4.60. The van der Waals surface area contributed by atoms with Crippen LogP contribution in [0.5, 0.6) is 0 Å². The molecule has 1 heterocycles. The highest BCUT2D eigenvalue weighted by Crippen LogP contribution is 2.12. The average molecular weight is 279 g/mol. The molecule has 1 N–H and O–H groups in total. The summed E-state index contributed by atoms with van der Waals surface area (Å²) in [5, 5.41) is 3.42. The third kappa shape index (κ3) is 3.24. The first-order chi connectivity index (χ1) is 8.66. The Hall–Kier alpha value is -1.52. The Morgan fingerprint density at radius 3 is 2.89 bits per heavy atom. The minimum absolute atomic E-state index is 0.249. The van der Waals surface area contributed by atoms with Gasteiger partial charge in [-0.25, -0.2) is 4.98 Å². The minimum atomic E-state index is -0.249. The van der Waals surface area contributed by atoms with E-state index in [4.69, 9.17) is 11.6 Å². The van der Waals surface area contributed by atoms with Crippen LogP contribution >= 0.6 is 24.2 Å². The first-order valence-corrected chi connectivity index (χ1v) is 6.16. The van der Waals surface area contributed by atoms with Gasteiger partial charge in [0.1, 0.15) is 5.69 Å². The molecule has 0 saturated heterocycles. The van der Waals surface area contributed by atoms with Crippen molar-refractivity contribution in [2.45, 2.75) is 11.4 Å². The van der Waals surface area contributed by atoms with Gasteiger partial charge in [0.25, 0.3) is 5.91 Å². The Morgan fingerprint density at radius 1 is 1.33 bits per heavy atom. The fraction of sp³-hybridized carbons (Fsp3) is 0.0769. The van der Waals surface area contributed by atoms with Crippen molar-refractivity contribution >= 4 is 30.1 Å². The van der Waals surface area contributed by atoms with E-state index in [9.17, 15) is 4.79 Å². The van der Waals surface area contributed by atoms with E-state index in [1.807, 2.05) is 18.2 Å². The molecule has 1 aromatic heterocycles. The fourth-order valence-corrected chi connectivity index (χ4v) is 1.94. The second-order valence-electron chi connectivity index (χ2n) is 3.68. The molecule has 0 unspecified atom stereocenters. The number of hydrogen-bond acceptors (Lipinski definition) is 3. The molecule has 92 valence electrons. The highest BCUT2D eigenvalue weighted by molar-refractivity contribution is 7.80. The lowest BCUT2D eigenvalue weighted by Gasteiger charge is -2.06. The van der Waals surface area contributed by atoms with Gasteiger partial charge in [-0.15, -0.1) is 12.6 Å². The number of halogens is 1. The minimum Gasteiger partial charge on any atom is -0.347 e. The maximum atomic E-state index is 11.9. The van der Waals surface area contributed by atoms with E-state index in [-0.39, 0.29) is 5.91 Å². The van der Waals surface area contributed by atoms with Crippen LogP contribution in [-0.4, -0.2) is 10.9 Å². The van der Waals surface area contributed by atoms with Gasteiger partial charge in [0, 0.05) is 22.7 Å². The Labute approximate surface area is 116 Å². The maximum Gasteiger partial charge on any atom is 0.271 e. The average Bonchev–Trinajstić information content (AvgIpc) is 2.37. The molecule has 2 rings (SSSR count). The highest BCUT2D eigenvalue weighted by atomic mass is 35.5. The molecule has 2 aromatic rings. The van der Waals surface area contributed by atoms with Crippen LogP contribution in [-0.2, 0) is 6.54 Å². The van der Waals surface area contributed by atoms with Gasteiger partial charge >= 0.3 is 0 Å². The number of benzene rings is 1. The zero-order valence-corrected chi connectivity index (χ0v) is 11.1. The second kappa shape index (κ2) is 5.89. The standard InChI is InChI=1S/C13H11ClN2OS/c14-10-4-1-3-9(7-10)8-16-13(17)12-11(18)5-2-6-15-12/h1-7,18H,8H2,(H,16,17). The lowest BCUT2D eigenvalue weighted by atomic mass is 10.2. The number of pyridine rings is 1. The van der Waals surface area contributed by atoms with E-state index in [1.54, 1.807) is 24.4 Å². The summed E-state index contributed by atoms with van der Waals surface area (Å²) in [6, 6.07) is 10.8. The molecule has 0 fully saturated rings. The number of amides is 1. The van der Waals surface area contributed by atoms with Crippen molar-refractivity contribution in [2.75, 3.05) is 0 Å². The molecule has 0 aliphatic rings. The Morgan fingerprint density at radius 2 is 2.17 bits per heavy atom. The van der Waals surface area contributed by atoms with Crippen molar-refractivity contribution in [3.63, 3.8) is 0 Å². The normalized spacial score (nSPS) is 10.1. The van der Waals surface area contributed by atoms with Gasteiger partial charge < -0.3 is 5.32 Å². The van der Waals surface area contributed by atoms with Crippen LogP contribution in [0.1, 0.15) is 16.1 Å². The first-order valence-electron chi connectivity index (χ1n) is 5.33. The van der Waals surface area contributed by atoms with Gasteiger partial charge in [-0.2, -0.15) is 0 Å². The molecular weight excluding hydrogens is 268 g/mol. The number of carbonyl (C=O) groups is 1. The summed E-state index contributed by atoms with van der Waals surface area (Å²) in [6.45, 7) is 0.406. The largest absolute Gasteiger partial charge is 0.347 e. The topological polar surface area (TPSA) is 42.0 Å². The van der Waals surface area contributed by atoms with Crippen LogP contribution in [0, 0.1) is 0 Å². The quantitative estimate of drug-likeness (QED) is 0.848. The Kier molecular flexibility index (Phi) is 4.23. The van der Waals surface area contributed by atoms with E-state index >= 15 is 0 Å². The summed E-state index contributed by atoms with van der Waals surface area (Å²) in [4.78, 5) is 16.4. The van der Waals surface area contributed by atoms with E-state index < -0.39 is 0 Å². The molecule has 3 nitrogen and oxygen atoms in total. The number of thiol groups is 1. The maximum absolute atomic E-state index is 11.9. The summed E-state index contributed by atoms with van der Waals surface area (Å²) < 4.78 is 0. The van der Waals surface area contributed by atoms with Crippen LogP contribution in [0.4, 0.5) is 0 Å².